The zero-order chi connectivity index (χ0) is 24.2. The van der Waals surface area contributed by atoms with Crippen LogP contribution in [0.2, 0.25) is 0 Å². The minimum atomic E-state index is -0.579. The maximum absolute atomic E-state index is 13.1. The number of ether oxygens (including phenoxy) is 1. The summed E-state index contributed by atoms with van der Waals surface area (Å²) in [6, 6.07) is 20.7. The van der Waals surface area contributed by atoms with Crippen molar-refractivity contribution in [3.63, 3.8) is 0 Å². The highest BCUT2D eigenvalue weighted by atomic mass is 35.5. The second-order valence-electron chi connectivity index (χ2n) is 7.51. The van der Waals surface area contributed by atoms with Gasteiger partial charge in [-0.1, -0.05) is 42.8 Å². The molecule has 0 atom stereocenters. The van der Waals surface area contributed by atoms with Crippen LogP contribution in [-0.2, 0) is 16.0 Å². The van der Waals surface area contributed by atoms with E-state index in [4.69, 9.17) is 16.3 Å². The van der Waals surface area contributed by atoms with Crippen LogP contribution in [0.4, 0.5) is 17.1 Å². The van der Waals surface area contributed by atoms with Gasteiger partial charge in [-0.15, -0.1) is 0 Å². The average molecular weight is 476 g/mol. The number of aryl methyl sites for hydroxylation is 1. The van der Waals surface area contributed by atoms with Gasteiger partial charge in [0.2, 0.25) is 0 Å². The number of methoxy groups -OCH3 is 1. The summed E-state index contributed by atoms with van der Waals surface area (Å²) in [4.78, 5) is 39.5. The molecule has 0 saturated heterocycles. The van der Waals surface area contributed by atoms with E-state index in [1.54, 1.807) is 67.8 Å². The van der Waals surface area contributed by atoms with Gasteiger partial charge < -0.3 is 15.4 Å². The molecule has 2 N–H and O–H groups in total. The lowest BCUT2D eigenvalue weighted by Gasteiger charge is -2.18. The number of anilines is 3. The number of carbonyl (C=O) groups is 3. The molecule has 0 unspecified atom stereocenters. The largest absolute Gasteiger partial charge is 0.497 e. The van der Waals surface area contributed by atoms with Gasteiger partial charge in [0, 0.05) is 23.0 Å². The second-order valence-corrected chi connectivity index (χ2v) is 7.88. The number of nitrogens with one attached hydrogen (secondary N) is 2. The first-order valence-electron chi connectivity index (χ1n) is 10.6. The summed E-state index contributed by atoms with van der Waals surface area (Å²) in [6.45, 7) is 1.95. The van der Waals surface area contributed by atoms with Crippen molar-refractivity contribution < 1.29 is 19.1 Å². The molecule has 8 heteroatoms. The third-order valence-corrected chi connectivity index (χ3v) is 5.74. The summed E-state index contributed by atoms with van der Waals surface area (Å²) >= 11 is 6.24. The van der Waals surface area contributed by atoms with E-state index < -0.39 is 11.8 Å². The molecule has 3 amide bonds. The Morgan fingerprint density at radius 3 is 2.38 bits per heavy atom. The molecule has 0 aliphatic carbocycles. The van der Waals surface area contributed by atoms with E-state index in [2.05, 4.69) is 10.6 Å². The molecular weight excluding hydrogens is 454 g/mol. The van der Waals surface area contributed by atoms with Crippen LogP contribution in [0.15, 0.2) is 83.5 Å². The number of hydrogen-bond donors (Lipinski definition) is 2. The molecule has 34 heavy (non-hydrogen) atoms. The first kappa shape index (κ1) is 23.1. The van der Waals surface area contributed by atoms with Gasteiger partial charge in [0.1, 0.15) is 16.5 Å². The number of benzene rings is 3. The van der Waals surface area contributed by atoms with Gasteiger partial charge in [-0.25, -0.2) is 4.90 Å². The summed E-state index contributed by atoms with van der Waals surface area (Å²) in [5.74, 6) is -0.777. The smallest absolute Gasteiger partial charge is 0.283 e. The summed E-state index contributed by atoms with van der Waals surface area (Å²) in [5.41, 5.74) is 2.90. The highest BCUT2D eigenvalue weighted by Gasteiger charge is 2.39. The topological polar surface area (TPSA) is 87.7 Å². The van der Waals surface area contributed by atoms with Gasteiger partial charge in [0.25, 0.3) is 17.7 Å². The number of nitrogens with zero attached hydrogens (tertiary/aromatic N) is 1. The monoisotopic (exact) mass is 475 g/mol. The maximum Gasteiger partial charge on any atom is 0.283 e. The quantitative estimate of drug-likeness (QED) is 0.472. The van der Waals surface area contributed by atoms with Crippen molar-refractivity contribution in [1.29, 1.82) is 0 Å². The highest BCUT2D eigenvalue weighted by molar-refractivity contribution is 6.53. The standard InChI is InChI=1S/C26H22ClN3O4/c1-3-16-7-4-5-10-21(16)30-25(32)22(27)23(26(30)33)28-18-13-11-17(12-14-18)24(31)29-19-8-6-9-20(15-19)34-2/h4-15,28H,3H2,1-2H3,(H,29,31). The Morgan fingerprint density at radius 1 is 0.941 bits per heavy atom. The third kappa shape index (κ3) is 4.51. The van der Waals surface area contributed by atoms with E-state index in [9.17, 15) is 14.4 Å². The molecule has 3 aromatic rings. The van der Waals surface area contributed by atoms with Crippen LogP contribution >= 0.6 is 11.6 Å². The number of amides is 3. The molecule has 7 nitrogen and oxygen atoms in total. The van der Waals surface area contributed by atoms with Crippen LogP contribution in [0.25, 0.3) is 0 Å². The summed E-state index contributed by atoms with van der Waals surface area (Å²) in [7, 11) is 1.55. The lowest BCUT2D eigenvalue weighted by Crippen LogP contribution is -2.33. The van der Waals surface area contributed by atoms with Crippen LogP contribution in [-0.4, -0.2) is 24.8 Å². The molecule has 0 fully saturated rings. The SMILES string of the molecule is CCc1ccccc1N1C(=O)C(Cl)=C(Nc2ccc(C(=O)Nc3cccc(OC)c3)cc2)C1=O. The van der Waals surface area contributed by atoms with Gasteiger partial charge in [-0.2, -0.15) is 0 Å². The van der Waals surface area contributed by atoms with Gasteiger partial charge in [0.15, 0.2) is 0 Å². The van der Waals surface area contributed by atoms with Crippen molar-refractivity contribution in [2.75, 3.05) is 22.6 Å². The normalized spacial score (nSPS) is 13.3. The van der Waals surface area contributed by atoms with Crippen molar-refractivity contribution in [3.05, 3.63) is 94.7 Å². The van der Waals surface area contributed by atoms with Crippen molar-refractivity contribution in [1.82, 2.24) is 0 Å². The fourth-order valence-corrected chi connectivity index (χ4v) is 3.82. The van der Waals surface area contributed by atoms with E-state index in [0.29, 0.717) is 34.8 Å². The molecular formula is C26H22ClN3O4. The Labute approximate surface area is 202 Å². The molecule has 1 aliphatic rings. The van der Waals surface area contributed by atoms with Crippen molar-refractivity contribution in [3.8, 4) is 5.75 Å². The summed E-state index contributed by atoms with van der Waals surface area (Å²) < 4.78 is 5.17. The maximum atomic E-state index is 13.1. The minimum Gasteiger partial charge on any atom is -0.497 e. The molecule has 0 bridgehead atoms. The molecule has 0 spiro atoms. The Morgan fingerprint density at radius 2 is 1.68 bits per heavy atom. The number of imide groups is 1. The fraction of sp³-hybridized carbons (Fsp3) is 0.115. The number of halogens is 1. The lowest BCUT2D eigenvalue weighted by atomic mass is 10.1. The zero-order valence-corrected chi connectivity index (χ0v) is 19.3. The predicted molar refractivity (Wildman–Crippen MR) is 132 cm³/mol. The van der Waals surface area contributed by atoms with E-state index in [0.717, 1.165) is 10.5 Å². The lowest BCUT2D eigenvalue weighted by molar-refractivity contribution is -0.120. The van der Waals surface area contributed by atoms with E-state index in [1.807, 2.05) is 19.1 Å². The minimum absolute atomic E-state index is 0.00819. The van der Waals surface area contributed by atoms with E-state index in [-0.39, 0.29) is 16.6 Å². The van der Waals surface area contributed by atoms with Crippen LogP contribution in [0.1, 0.15) is 22.8 Å². The van der Waals surface area contributed by atoms with Crippen LogP contribution in [0, 0.1) is 0 Å². The number of rotatable bonds is 7. The highest BCUT2D eigenvalue weighted by Crippen LogP contribution is 2.32. The van der Waals surface area contributed by atoms with Crippen LogP contribution in [0.5, 0.6) is 5.75 Å². The van der Waals surface area contributed by atoms with Crippen molar-refractivity contribution >= 4 is 46.4 Å². The van der Waals surface area contributed by atoms with Crippen molar-refractivity contribution in [2.24, 2.45) is 0 Å². The Bertz CT molecular complexity index is 1300. The summed E-state index contributed by atoms with van der Waals surface area (Å²) in [5, 5.41) is 5.55. The molecule has 172 valence electrons. The Balaban J connectivity index is 1.49. The molecule has 0 aromatic heterocycles. The van der Waals surface area contributed by atoms with E-state index in [1.165, 1.54) is 0 Å². The average Bonchev–Trinajstić information content (AvgIpc) is 3.07. The first-order valence-corrected chi connectivity index (χ1v) is 11.0. The predicted octanol–water partition coefficient (Wildman–Crippen LogP) is 4.95. The van der Waals surface area contributed by atoms with Gasteiger partial charge in [0.05, 0.1) is 12.8 Å². The summed E-state index contributed by atoms with van der Waals surface area (Å²) in [6.07, 6.45) is 0.660. The molecule has 0 saturated carbocycles. The number of para-hydroxylation sites is 1. The molecule has 0 radical (unpaired) electrons. The van der Waals surface area contributed by atoms with Gasteiger partial charge in [-0.05, 0) is 54.4 Å². The second kappa shape index (κ2) is 9.80. The van der Waals surface area contributed by atoms with Crippen LogP contribution < -0.4 is 20.3 Å². The molecule has 3 aromatic carbocycles. The molecule has 1 heterocycles. The van der Waals surface area contributed by atoms with Crippen molar-refractivity contribution in [2.45, 2.75) is 13.3 Å². The number of hydrogen-bond acceptors (Lipinski definition) is 5. The zero-order valence-electron chi connectivity index (χ0n) is 18.6. The Hall–Kier alpha value is -4.10. The molecule has 4 rings (SSSR count). The fourth-order valence-electron chi connectivity index (χ4n) is 3.61. The van der Waals surface area contributed by atoms with Gasteiger partial charge in [-0.3, -0.25) is 14.4 Å². The number of carbonyl (C=O) groups excluding carboxylic acids is 3. The van der Waals surface area contributed by atoms with Gasteiger partial charge >= 0.3 is 0 Å². The van der Waals surface area contributed by atoms with Crippen LogP contribution in [0.3, 0.4) is 0 Å². The third-order valence-electron chi connectivity index (χ3n) is 5.38. The Kier molecular flexibility index (Phi) is 6.65. The molecule has 1 aliphatic heterocycles. The van der Waals surface area contributed by atoms with E-state index >= 15 is 0 Å². The first-order chi connectivity index (χ1) is 16.4.